The van der Waals surface area contributed by atoms with Crippen LogP contribution >= 0.6 is 15.9 Å². The van der Waals surface area contributed by atoms with Gasteiger partial charge in [0.1, 0.15) is 5.75 Å². The SMILES string of the molecule is COc1cc(/N=N/c2ccccc2)cc(Br)c1N. The maximum absolute atomic E-state index is 5.83. The van der Waals surface area contributed by atoms with Gasteiger partial charge >= 0.3 is 0 Å². The highest BCUT2D eigenvalue weighted by Crippen LogP contribution is 2.35. The maximum atomic E-state index is 5.83. The molecule has 2 N–H and O–H groups in total. The first-order valence-electron chi connectivity index (χ1n) is 5.30. The molecule has 0 aromatic heterocycles. The molecule has 0 aliphatic rings. The van der Waals surface area contributed by atoms with E-state index in [4.69, 9.17) is 10.5 Å². The fourth-order valence-corrected chi connectivity index (χ4v) is 1.85. The highest BCUT2D eigenvalue weighted by molar-refractivity contribution is 9.10. The van der Waals surface area contributed by atoms with Gasteiger partial charge in [0.15, 0.2) is 0 Å². The molecule has 5 heteroatoms. The second kappa shape index (κ2) is 5.64. The van der Waals surface area contributed by atoms with E-state index in [1.165, 1.54) is 0 Å². The molecule has 2 aromatic rings. The Morgan fingerprint density at radius 1 is 1.06 bits per heavy atom. The molecule has 2 rings (SSSR count). The quantitative estimate of drug-likeness (QED) is 0.672. The normalized spacial score (nSPS) is 10.8. The second-order valence-corrected chi connectivity index (χ2v) is 4.43. The van der Waals surface area contributed by atoms with Gasteiger partial charge in [-0.3, -0.25) is 0 Å². The molecule has 0 aliphatic carbocycles. The van der Waals surface area contributed by atoms with Gasteiger partial charge in [0.2, 0.25) is 0 Å². The van der Waals surface area contributed by atoms with E-state index in [-0.39, 0.29) is 0 Å². The number of hydrogen-bond acceptors (Lipinski definition) is 4. The molecule has 92 valence electrons. The minimum Gasteiger partial charge on any atom is -0.494 e. The van der Waals surface area contributed by atoms with Gasteiger partial charge in [-0.15, -0.1) is 0 Å². The third-order valence-electron chi connectivity index (χ3n) is 2.33. The van der Waals surface area contributed by atoms with E-state index < -0.39 is 0 Å². The van der Waals surface area contributed by atoms with Crippen molar-refractivity contribution < 1.29 is 4.74 Å². The number of nitrogens with two attached hydrogens (primary N) is 1. The van der Waals surface area contributed by atoms with Crippen LogP contribution in [0.25, 0.3) is 0 Å². The molecule has 0 fully saturated rings. The summed E-state index contributed by atoms with van der Waals surface area (Å²) in [4.78, 5) is 0. The van der Waals surface area contributed by atoms with E-state index in [2.05, 4.69) is 26.2 Å². The Hall–Kier alpha value is -1.88. The van der Waals surface area contributed by atoms with Crippen LogP contribution in [0.1, 0.15) is 0 Å². The van der Waals surface area contributed by atoms with Gasteiger partial charge in [-0.1, -0.05) is 18.2 Å². The number of rotatable bonds is 3. The summed E-state index contributed by atoms with van der Waals surface area (Å²) in [7, 11) is 1.57. The minimum atomic E-state index is 0.552. The first-order valence-corrected chi connectivity index (χ1v) is 6.10. The smallest absolute Gasteiger partial charge is 0.145 e. The van der Waals surface area contributed by atoms with Crippen LogP contribution in [0.2, 0.25) is 0 Å². The Morgan fingerprint density at radius 2 is 1.72 bits per heavy atom. The van der Waals surface area contributed by atoms with Crippen LogP contribution in [0.5, 0.6) is 5.75 Å². The van der Waals surface area contributed by atoms with E-state index in [0.29, 0.717) is 17.1 Å². The molecule has 0 atom stereocenters. The van der Waals surface area contributed by atoms with Gasteiger partial charge in [0, 0.05) is 10.5 Å². The minimum absolute atomic E-state index is 0.552. The van der Waals surface area contributed by atoms with E-state index in [0.717, 1.165) is 10.2 Å². The zero-order chi connectivity index (χ0) is 13.0. The number of benzene rings is 2. The highest BCUT2D eigenvalue weighted by Gasteiger charge is 2.06. The predicted octanol–water partition coefficient (Wildman–Crippen LogP) is 4.46. The van der Waals surface area contributed by atoms with Crippen molar-refractivity contribution in [2.24, 2.45) is 10.2 Å². The Kier molecular flexibility index (Phi) is 3.94. The number of azo groups is 1. The van der Waals surface area contributed by atoms with Crippen molar-refractivity contribution in [2.45, 2.75) is 0 Å². The molecule has 0 heterocycles. The molecule has 0 saturated carbocycles. The third-order valence-corrected chi connectivity index (χ3v) is 2.99. The largest absolute Gasteiger partial charge is 0.494 e. The lowest BCUT2D eigenvalue weighted by Crippen LogP contribution is -1.92. The van der Waals surface area contributed by atoms with Crippen LogP contribution in [0.15, 0.2) is 57.2 Å². The van der Waals surface area contributed by atoms with Crippen molar-refractivity contribution in [1.82, 2.24) is 0 Å². The molecule has 0 unspecified atom stereocenters. The van der Waals surface area contributed by atoms with Crippen molar-refractivity contribution in [3.05, 3.63) is 46.9 Å². The highest BCUT2D eigenvalue weighted by atomic mass is 79.9. The molecular weight excluding hydrogens is 294 g/mol. The van der Waals surface area contributed by atoms with E-state index >= 15 is 0 Å². The Morgan fingerprint density at radius 3 is 2.39 bits per heavy atom. The van der Waals surface area contributed by atoms with Crippen molar-refractivity contribution >= 4 is 33.0 Å². The monoisotopic (exact) mass is 305 g/mol. The molecule has 0 bridgehead atoms. The lowest BCUT2D eigenvalue weighted by Gasteiger charge is -2.06. The Labute approximate surface area is 114 Å². The number of anilines is 1. The second-order valence-electron chi connectivity index (χ2n) is 3.58. The maximum Gasteiger partial charge on any atom is 0.145 e. The number of hydrogen-bond donors (Lipinski definition) is 1. The molecule has 4 nitrogen and oxygen atoms in total. The fourth-order valence-electron chi connectivity index (χ4n) is 1.42. The summed E-state index contributed by atoms with van der Waals surface area (Å²) < 4.78 is 5.90. The van der Waals surface area contributed by atoms with Gasteiger partial charge in [-0.25, -0.2) is 0 Å². The number of halogens is 1. The summed E-state index contributed by atoms with van der Waals surface area (Å²) in [6, 6.07) is 13.1. The molecule has 0 spiro atoms. The van der Waals surface area contributed by atoms with Crippen LogP contribution in [0.4, 0.5) is 17.1 Å². The van der Waals surface area contributed by atoms with E-state index in [1.54, 1.807) is 19.2 Å². The zero-order valence-corrected chi connectivity index (χ0v) is 11.4. The number of methoxy groups -OCH3 is 1. The lowest BCUT2D eigenvalue weighted by molar-refractivity contribution is 0.417. The summed E-state index contributed by atoms with van der Waals surface area (Å²) in [5, 5.41) is 8.28. The standard InChI is InChI=1S/C13H12BrN3O/c1-18-12-8-10(7-11(14)13(12)15)17-16-9-5-3-2-4-6-9/h2-8H,15H2,1H3/b17-16+. The van der Waals surface area contributed by atoms with Crippen molar-refractivity contribution in [1.29, 1.82) is 0 Å². The van der Waals surface area contributed by atoms with Gasteiger partial charge in [0.05, 0.1) is 24.2 Å². The summed E-state index contributed by atoms with van der Waals surface area (Å²) in [6.07, 6.45) is 0. The van der Waals surface area contributed by atoms with Crippen molar-refractivity contribution in [2.75, 3.05) is 12.8 Å². The first kappa shape index (κ1) is 12.6. The molecule has 0 saturated heterocycles. The summed E-state index contributed by atoms with van der Waals surface area (Å²) >= 11 is 3.36. The molecule has 18 heavy (non-hydrogen) atoms. The molecule has 0 aliphatic heterocycles. The molecule has 0 radical (unpaired) electrons. The van der Waals surface area contributed by atoms with Gasteiger partial charge in [-0.05, 0) is 34.1 Å². The molecule has 2 aromatic carbocycles. The van der Waals surface area contributed by atoms with E-state index in [9.17, 15) is 0 Å². The van der Waals surface area contributed by atoms with E-state index in [1.807, 2.05) is 30.3 Å². The molecule has 0 amide bonds. The zero-order valence-electron chi connectivity index (χ0n) is 9.80. The van der Waals surface area contributed by atoms with Crippen LogP contribution in [-0.4, -0.2) is 7.11 Å². The topological polar surface area (TPSA) is 60.0 Å². The van der Waals surface area contributed by atoms with Gasteiger partial charge in [-0.2, -0.15) is 10.2 Å². The Bertz CT molecular complexity index is 570. The van der Waals surface area contributed by atoms with Crippen molar-refractivity contribution in [3.63, 3.8) is 0 Å². The first-order chi connectivity index (χ1) is 8.70. The van der Waals surface area contributed by atoms with Gasteiger partial charge in [0.25, 0.3) is 0 Å². The predicted molar refractivity (Wildman–Crippen MR) is 75.7 cm³/mol. The van der Waals surface area contributed by atoms with Crippen LogP contribution in [0, 0.1) is 0 Å². The Balaban J connectivity index is 2.30. The summed E-state index contributed by atoms with van der Waals surface area (Å²) in [5.74, 6) is 0.575. The van der Waals surface area contributed by atoms with Gasteiger partial charge < -0.3 is 10.5 Å². The van der Waals surface area contributed by atoms with Crippen LogP contribution in [0.3, 0.4) is 0 Å². The number of ether oxygens (including phenoxy) is 1. The average molecular weight is 306 g/mol. The average Bonchev–Trinajstić information content (AvgIpc) is 2.41. The fraction of sp³-hybridized carbons (Fsp3) is 0.0769. The lowest BCUT2D eigenvalue weighted by atomic mass is 10.2. The number of nitrogen functional groups attached to an aromatic ring is 1. The van der Waals surface area contributed by atoms with Crippen LogP contribution < -0.4 is 10.5 Å². The number of nitrogens with zero attached hydrogens (tertiary/aromatic N) is 2. The van der Waals surface area contributed by atoms with Crippen LogP contribution in [-0.2, 0) is 0 Å². The summed E-state index contributed by atoms with van der Waals surface area (Å²) in [5.41, 5.74) is 7.85. The summed E-state index contributed by atoms with van der Waals surface area (Å²) in [6.45, 7) is 0. The third kappa shape index (κ3) is 2.87. The van der Waals surface area contributed by atoms with Crippen molar-refractivity contribution in [3.8, 4) is 5.75 Å². The molecular formula is C13H12BrN3O.